The first-order valence-electron chi connectivity index (χ1n) is 13.9. The average molecular weight is 600 g/mol. The highest BCUT2D eigenvalue weighted by atomic mass is 31.2. The number of nitrogens with two attached hydrogens (primary N) is 1. The summed E-state index contributed by atoms with van der Waals surface area (Å²) in [6.45, 7) is 1.07. The number of aliphatic hydroxyl groups is 2. The summed E-state index contributed by atoms with van der Waals surface area (Å²) in [5, 5.41) is 36.2. The Morgan fingerprint density at radius 2 is 1.98 bits per heavy atom. The van der Waals surface area contributed by atoms with Crippen LogP contribution in [0.2, 0.25) is 0 Å². The van der Waals surface area contributed by atoms with Crippen LogP contribution in [-0.2, 0) is 29.0 Å². The summed E-state index contributed by atoms with van der Waals surface area (Å²) in [5.74, 6) is -0.922. The maximum absolute atomic E-state index is 14.1. The second-order valence-corrected chi connectivity index (χ2v) is 12.7. The van der Waals surface area contributed by atoms with Crippen molar-refractivity contribution in [3.63, 3.8) is 0 Å². The largest absolute Gasteiger partial charge is 0.462 e. The molecule has 13 nitrogen and oxygen atoms in total. The fourth-order valence-corrected chi connectivity index (χ4v) is 7.24. The van der Waals surface area contributed by atoms with Gasteiger partial charge in [0.25, 0.3) is 0 Å². The number of benzene rings is 1. The highest BCUT2D eigenvalue weighted by Gasteiger charge is 2.58. The number of hydrogen-bond acceptors (Lipinski definition) is 12. The second-order valence-electron chi connectivity index (χ2n) is 10.7. The lowest BCUT2D eigenvalue weighted by molar-refractivity contribution is -0.154. The summed E-state index contributed by atoms with van der Waals surface area (Å²) in [4.78, 5) is 16.8. The first-order valence-corrected chi connectivity index (χ1v) is 15.6. The van der Waals surface area contributed by atoms with Crippen molar-refractivity contribution in [1.82, 2.24) is 14.6 Å². The number of nitriles is 1. The number of nitrogens with zero attached hydrogens (tertiary/aromatic N) is 4. The van der Waals surface area contributed by atoms with Crippen LogP contribution in [0.3, 0.4) is 0 Å². The van der Waals surface area contributed by atoms with Gasteiger partial charge in [0.2, 0.25) is 5.60 Å². The van der Waals surface area contributed by atoms with Crippen LogP contribution in [0.15, 0.2) is 48.8 Å². The van der Waals surface area contributed by atoms with Crippen LogP contribution in [-0.4, -0.2) is 68.0 Å². The van der Waals surface area contributed by atoms with Gasteiger partial charge >= 0.3 is 13.6 Å². The van der Waals surface area contributed by atoms with Gasteiger partial charge in [0, 0.05) is 0 Å². The molecule has 1 aliphatic carbocycles. The third kappa shape index (κ3) is 6.00. The molecule has 2 fully saturated rings. The number of carbonyl (C=O) groups is 1. The van der Waals surface area contributed by atoms with Crippen molar-refractivity contribution in [2.45, 2.75) is 69.0 Å². The van der Waals surface area contributed by atoms with E-state index in [2.05, 4.69) is 10.1 Å². The minimum Gasteiger partial charge on any atom is -0.462 e. The Morgan fingerprint density at radius 1 is 1.24 bits per heavy atom. The number of para-hydroxylation sites is 1. The first kappa shape index (κ1) is 29.9. The van der Waals surface area contributed by atoms with Crippen molar-refractivity contribution in [2.75, 3.05) is 18.5 Å². The van der Waals surface area contributed by atoms with Crippen LogP contribution >= 0.6 is 7.60 Å². The molecule has 0 radical (unpaired) electrons. The second kappa shape index (κ2) is 12.4. The summed E-state index contributed by atoms with van der Waals surface area (Å²) in [5.41, 5.74) is 4.35. The van der Waals surface area contributed by atoms with Crippen LogP contribution in [0.1, 0.15) is 44.7 Å². The van der Waals surface area contributed by atoms with Crippen molar-refractivity contribution >= 4 is 24.9 Å². The van der Waals surface area contributed by atoms with Gasteiger partial charge in [0.1, 0.15) is 48.1 Å². The molecule has 0 amide bonds. The Labute approximate surface area is 242 Å². The zero-order chi connectivity index (χ0) is 29.9. The number of fused-ring (bicyclic) bond motifs is 1. The Bertz CT molecular complexity index is 1490. The van der Waals surface area contributed by atoms with Gasteiger partial charge in [0.15, 0.2) is 5.82 Å². The van der Waals surface area contributed by atoms with Crippen molar-refractivity contribution in [3.8, 4) is 11.8 Å². The molecule has 14 heteroatoms. The van der Waals surface area contributed by atoms with Crippen LogP contribution in [0.4, 0.5) is 5.82 Å². The maximum Gasteiger partial charge on any atom is 0.380 e. The van der Waals surface area contributed by atoms with E-state index in [-0.39, 0.29) is 29.5 Å². The van der Waals surface area contributed by atoms with Gasteiger partial charge < -0.3 is 29.9 Å². The molecule has 1 aliphatic heterocycles. The Kier molecular flexibility index (Phi) is 8.82. The molecule has 1 saturated heterocycles. The average Bonchev–Trinajstić information content (AvgIpc) is 3.53. The molecule has 1 saturated carbocycles. The molecule has 3 heterocycles. The number of ether oxygens (including phenoxy) is 2. The van der Waals surface area contributed by atoms with Crippen LogP contribution < -0.4 is 10.3 Å². The van der Waals surface area contributed by atoms with Gasteiger partial charge in [-0.3, -0.25) is 9.32 Å². The standard InChI is InChI=1S/C28H34N5O8P/c1-18(27(36)39-19-8-4-2-5-9-19)15-42(37,41-20-10-6-3-7-11-20)38-14-22-24(34)25(35)28(16-29,40-22)23-13-12-21-26(30)31-17-32-33(21)23/h3,6-7,10-13,17-19,22,24-25,34-35H,2,4-5,8-9,14-15H2,1H3,(H2,30,31,32)/t18-,22-,24-,25-,28+,42?/m1/s1. The van der Waals surface area contributed by atoms with E-state index in [0.717, 1.165) is 32.1 Å². The minimum atomic E-state index is -4.06. The predicted octanol–water partition coefficient (Wildman–Crippen LogP) is 2.95. The number of hydrogen-bond donors (Lipinski definition) is 3. The third-order valence-electron chi connectivity index (χ3n) is 7.64. The summed E-state index contributed by atoms with van der Waals surface area (Å²) in [6.07, 6.45) is 0.780. The fraction of sp³-hybridized carbons (Fsp3) is 0.500. The number of nitrogen functional groups attached to an aromatic ring is 1. The lowest BCUT2D eigenvalue weighted by Gasteiger charge is -2.26. The third-order valence-corrected chi connectivity index (χ3v) is 9.67. The van der Waals surface area contributed by atoms with Gasteiger partial charge in [-0.1, -0.05) is 31.5 Å². The number of aromatic nitrogens is 3. The topological polar surface area (TPSA) is 192 Å². The SMILES string of the molecule is C[C@H](CP(=O)(OC[C@H]1O[C@@](C#N)(c2ccc3c(N)ncnn23)[C@H](O)[C@@H]1O)Oc1ccccc1)C(=O)OC1CCCCC1. The van der Waals surface area contributed by atoms with E-state index in [1.165, 1.54) is 16.9 Å². The van der Waals surface area contributed by atoms with E-state index in [1.807, 2.05) is 6.07 Å². The van der Waals surface area contributed by atoms with Gasteiger partial charge in [-0.15, -0.1) is 0 Å². The predicted molar refractivity (Wildman–Crippen MR) is 149 cm³/mol. The minimum absolute atomic E-state index is 0.117. The molecule has 0 spiro atoms. The molecule has 0 bridgehead atoms. The van der Waals surface area contributed by atoms with Crippen molar-refractivity contribution in [1.29, 1.82) is 5.26 Å². The lowest BCUT2D eigenvalue weighted by Crippen LogP contribution is -2.41. The summed E-state index contributed by atoms with van der Waals surface area (Å²) >= 11 is 0. The van der Waals surface area contributed by atoms with Crippen molar-refractivity contribution in [3.05, 3.63) is 54.5 Å². The molecular formula is C28H34N5O8P. The van der Waals surface area contributed by atoms with E-state index in [4.69, 9.17) is 24.3 Å². The summed E-state index contributed by atoms with van der Waals surface area (Å²) in [7, 11) is -4.06. The smallest absolute Gasteiger partial charge is 0.380 e. The first-order chi connectivity index (χ1) is 20.2. The van der Waals surface area contributed by atoms with Gasteiger partial charge in [0.05, 0.1) is 24.4 Å². The molecule has 42 heavy (non-hydrogen) atoms. The number of esters is 1. The molecule has 4 N–H and O–H groups in total. The van der Waals surface area contributed by atoms with E-state index in [9.17, 15) is 24.8 Å². The fourth-order valence-electron chi connectivity index (χ4n) is 5.37. The molecule has 3 aromatic rings. The zero-order valence-electron chi connectivity index (χ0n) is 23.1. The molecule has 224 valence electrons. The Hall–Kier alpha value is -3.53. The summed E-state index contributed by atoms with van der Waals surface area (Å²) < 4.78 is 38.5. The zero-order valence-corrected chi connectivity index (χ0v) is 24.0. The quantitative estimate of drug-likeness (QED) is 0.228. The highest BCUT2D eigenvalue weighted by molar-refractivity contribution is 7.54. The van der Waals surface area contributed by atoms with E-state index in [0.29, 0.717) is 5.52 Å². The molecule has 1 aromatic carbocycles. The van der Waals surface area contributed by atoms with E-state index >= 15 is 0 Å². The van der Waals surface area contributed by atoms with Crippen molar-refractivity contribution in [2.24, 2.45) is 5.92 Å². The Balaban J connectivity index is 1.34. The van der Waals surface area contributed by atoms with Gasteiger partial charge in [-0.05, 0) is 49.9 Å². The molecular weight excluding hydrogens is 565 g/mol. The lowest BCUT2D eigenvalue weighted by atomic mass is 9.92. The highest BCUT2D eigenvalue weighted by Crippen LogP contribution is 2.51. The monoisotopic (exact) mass is 599 g/mol. The van der Waals surface area contributed by atoms with Crippen LogP contribution in [0.5, 0.6) is 5.75 Å². The molecule has 5 rings (SSSR count). The molecule has 6 atom stereocenters. The molecule has 2 aliphatic rings. The maximum atomic E-state index is 14.1. The Morgan fingerprint density at radius 3 is 2.69 bits per heavy atom. The van der Waals surface area contributed by atoms with Crippen LogP contribution in [0.25, 0.3) is 5.52 Å². The number of carbonyl (C=O) groups excluding carboxylic acids is 1. The van der Waals surface area contributed by atoms with E-state index < -0.39 is 50.0 Å². The molecule has 1 unspecified atom stereocenters. The number of rotatable bonds is 10. The van der Waals surface area contributed by atoms with Gasteiger partial charge in [-0.2, -0.15) is 10.4 Å². The van der Waals surface area contributed by atoms with Crippen LogP contribution in [0, 0.1) is 17.2 Å². The number of aliphatic hydroxyl groups excluding tert-OH is 2. The summed E-state index contributed by atoms with van der Waals surface area (Å²) in [6, 6.07) is 13.3. The normalized spacial score (nSPS) is 26.8. The van der Waals surface area contributed by atoms with Gasteiger partial charge in [-0.25, -0.2) is 14.1 Å². The number of anilines is 1. The van der Waals surface area contributed by atoms with E-state index in [1.54, 1.807) is 43.3 Å². The molecule has 2 aromatic heterocycles. The van der Waals surface area contributed by atoms with Crippen molar-refractivity contribution < 1.29 is 38.1 Å².